The average molecular weight is 968 g/mol. The van der Waals surface area contributed by atoms with Crippen molar-refractivity contribution in [2.75, 3.05) is 49.5 Å². The zero-order valence-electron chi connectivity index (χ0n) is 38.1. The van der Waals surface area contributed by atoms with Gasteiger partial charge in [-0.3, -0.25) is 12.9 Å². The summed E-state index contributed by atoms with van der Waals surface area (Å²) >= 11 is 8.96. The number of thioether (sulfide) groups is 2. The summed E-state index contributed by atoms with van der Waals surface area (Å²) in [6.07, 6.45) is 11.0. The second kappa shape index (κ2) is 14.5. The zero-order chi connectivity index (χ0) is 45.4. The summed E-state index contributed by atoms with van der Waals surface area (Å²) in [5, 5.41) is 6.70. The summed E-state index contributed by atoms with van der Waals surface area (Å²) in [6.45, 7) is 2.30. The molecule has 0 unspecified atom stereocenters. The van der Waals surface area contributed by atoms with E-state index in [1.165, 1.54) is 138 Å². The predicted molar refractivity (Wildman–Crippen MR) is 306 cm³/mol. The first-order chi connectivity index (χ1) is 33.4. The Morgan fingerprint density at radius 3 is 1.76 bits per heavy atom. The van der Waals surface area contributed by atoms with Crippen LogP contribution in [0.3, 0.4) is 0 Å². The smallest absolute Gasteiger partial charge is 0.256 e. The van der Waals surface area contributed by atoms with Crippen molar-refractivity contribution in [1.82, 2.24) is 4.57 Å². The van der Waals surface area contributed by atoms with E-state index in [9.17, 15) is 0 Å². The van der Waals surface area contributed by atoms with Crippen molar-refractivity contribution in [3.63, 3.8) is 0 Å². The number of para-hydroxylation sites is 3. The maximum Gasteiger partial charge on any atom is 0.256 e. The molecule has 0 saturated heterocycles. The molecule has 0 spiro atoms. The number of nitrogens with zero attached hydrogens (tertiary/aromatic N) is 4. The Labute approximate surface area is 418 Å². The first-order valence-electron chi connectivity index (χ1n) is 22.9. The molecule has 0 radical (unpaired) electrons. The summed E-state index contributed by atoms with van der Waals surface area (Å²) in [5.74, 6) is 1.89. The third-order valence-electron chi connectivity index (χ3n) is 15.3. The number of aryl methyl sites for hydroxylation is 1. The van der Waals surface area contributed by atoms with Gasteiger partial charge >= 0.3 is 0 Å². The Hall–Kier alpha value is -5.50. The van der Waals surface area contributed by atoms with Gasteiger partial charge in [-0.25, -0.2) is 0 Å². The molecule has 326 valence electrons. The van der Waals surface area contributed by atoms with Gasteiger partial charge in [0.2, 0.25) is 0 Å². The Kier molecular flexibility index (Phi) is 8.63. The monoisotopic (exact) mass is 967 g/mol. The fourth-order valence-electron chi connectivity index (χ4n) is 12.8. The maximum atomic E-state index is 6.82. The second-order valence-electron chi connectivity index (χ2n) is 18.4. The zero-order valence-corrected chi connectivity index (χ0v) is 42.2. The molecule has 7 heterocycles. The third-order valence-corrected chi connectivity index (χ3v) is 19.0. The van der Waals surface area contributed by atoms with E-state index in [2.05, 4.69) is 188 Å². The molecule has 9 aromatic rings. The summed E-state index contributed by atoms with van der Waals surface area (Å²) in [4.78, 5) is 2.46. The molecule has 6 aliphatic heterocycles. The van der Waals surface area contributed by atoms with Crippen LogP contribution in [0.5, 0.6) is 11.5 Å². The van der Waals surface area contributed by atoms with Crippen LogP contribution in [0, 0.1) is 6.92 Å². The van der Waals surface area contributed by atoms with Crippen LogP contribution < -0.4 is 72.1 Å². The molecule has 0 bridgehead atoms. The number of anilines is 8. The highest BCUT2D eigenvalue weighted by Crippen LogP contribution is 2.48. The van der Waals surface area contributed by atoms with E-state index >= 15 is 0 Å². The molecule has 15 rings (SSSR count). The fraction of sp³-hybridized carbons (Fsp3) is 0.111. The van der Waals surface area contributed by atoms with E-state index in [1.807, 2.05) is 11.8 Å². The van der Waals surface area contributed by atoms with E-state index in [0.717, 1.165) is 11.5 Å². The topological polar surface area (TPSA) is 35.9 Å². The van der Waals surface area contributed by atoms with Gasteiger partial charge in [-0.2, -0.15) is 0 Å². The largest absolute Gasteiger partial charge is 0.458 e. The average Bonchev–Trinajstić information content (AvgIpc) is 3.71. The lowest BCUT2D eigenvalue weighted by Gasteiger charge is -2.45. The van der Waals surface area contributed by atoms with Crippen molar-refractivity contribution in [1.29, 1.82) is 0 Å². The van der Waals surface area contributed by atoms with E-state index in [0.29, 0.717) is 0 Å². The molecule has 8 aromatic carbocycles. The van der Waals surface area contributed by atoms with Crippen LogP contribution in [-0.2, 0) is 0 Å². The predicted octanol–water partition coefficient (Wildman–Crippen LogP) is 8.75. The minimum Gasteiger partial charge on any atom is -0.458 e. The number of hydrogen-bond acceptors (Lipinski definition) is 10. The van der Waals surface area contributed by atoms with Crippen LogP contribution in [0.1, 0.15) is 5.56 Å². The van der Waals surface area contributed by atoms with Gasteiger partial charge in [-0.05, 0) is 171 Å². The fourth-order valence-corrected chi connectivity index (χ4v) is 15.8. The van der Waals surface area contributed by atoms with Crippen molar-refractivity contribution < 1.29 is 4.74 Å². The number of fused-ring (bicyclic) bond motifs is 15. The van der Waals surface area contributed by atoms with Gasteiger partial charge in [0.25, 0.3) is 20.1 Å². The Morgan fingerprint density at radius 1 is 0.441 bits per heavy atom. The molecule has 6 nitrogen and oxygen atoms in total. The quantitative estimate of drug-likeness (QED) is 0.103. The Bertz CT molecular complexity index is 3790. The van der Waals surface area contributed by atoms with Crippen LogP contribution in [0.25, 0.3) is 27.5 Å². The molecular weight excluding hydrogens is 927 g/mol. The van der Waals surface area contributed by atoms with Gasteiger partial charge in [0.1, 0.15) is 11.5 Å². The number of benzene rings is 8. The molecule has 14 heteroatoms. The number of aromatic nitrogens is 1. The third kappa shape index (κ3) is 5.12. The van der Waals surface area contributed by atoms with E-state index < -0.39 is 0 Å². The molecule has 0 aliphatic carbocycles. The molecule has 1 aromatic heterocycles. The van der Waals surface area contributed by atoms with Crippen molar-refractivity contribution in [3.05, 3.63) is 133 Å². The van der Waals surface area contributed by atoms with Crippen LogP contribution in [0.2, 0.25) is 0 Å². The van der Waals surface area contributed by atoms with Gasteiger partial charge in [-0.15, -0.1) is 23.5 Å². The van der Waals surface area contributed by atoms with Crippen LogP contribution in [0.4, 0.5) is 45.5 Å². The maximum absolute atomic E-state index is 6.82. The highest BCUT2D eigenvalue weighted by Gasteiger charge is 2.49. The van der Waals surface area contributed by atoms with Gasteiger partial charge in [0.15, 0.2) is 0 Å². The van der Waals surface area contributed by atoms with Crippen molar-refractivity contribution in [2.45, 2.75) is 16.7 Å². The SMILES string of the molecule is CSc1cc2c3c(c1)N(SC)c1cc4c(cc1B3c1ccccc1O2)B1c2cc3c(cc2N(SC)c2cc(C)cc(c21)N4SC)Nc1cc(SC)cc2c1B3c1cccc3c4ccccc4n-2c13. The van der Waals surface area contributed by atoms with E-state index in [-0.39, 0.29) is 20.1 Å². The highest BCUT2D eigenvalue weighted by molar-refractivity contribution is 8.01. The first-order valence-corrected chi connectivity index (χ1v) is 28.9. The lowest BCUT2D eigenvalue weighted by molar-refractivity contribution is 0.486. The van der Waals surface area contributed by atoms with Crippen molar-refractivity contribution >= 4 is 196 Å². The number of hydrogen-bond donors (Lipinski definition) is 1. The Balaban J connectivity index is 1.02. The summed E-state index contributed by atoms with van der Waals surface area (Å²) in [5.41, 5.74) is 26.8. The van der Waals surface area contributed by atoms with Gasteiger partial charge in [0.05, 0.1) is 22.6 Å². The minimum atomic E-state index is -0.0175. The molecule has 0 atom stereocenters. The van der Waals surface area contributed by atoms with Crippen LogP contribution in [-0.4, -0.2) is 56.0 Å². The van der Waals surface area contributed by atoms with Crippen molar-refractivity contribution in [2.24, 2.45) is 0 Å². The van der Waals surface area contributed by atoms with Gasteiger partial charge in [-0.1, -0.05) is 66.7 Å². The molecule has 0 saturated carbocycles. The van der Waals surface area contributed by atoms with Gasteiger partial charge < -0.3 is 14.6 Å². The lowest BCUT2D eigenvalue weighted by Crippen LogP contribution is -2.65. The van der Waals surface area contributed by atoms with Crippen LogP contribution >= 0.6 is 59.4 Å². The molecule has 68 heavy (non-hydrogen) atoms. The summed E-state index contributed by atoms with van der Waals surface area (Å²) in [7, 11) is 0. The second-order valence-corrected chi connectivity index (χ2v) is 22.4. The van der Waals surface area contributed by atoms with Crippen LogP contribution in [0.15, 0.2) is 137 Å². The van der Waals surface area contributed by atoms with Crippen molar-refractivity contribution in [3.8, 4) is 17.2 Å². The summed E-state index contributed by atoms with van der Waals surface area (Å²) < 4.78 is 16.9. The number of ether oxygens (including phenoxy) is 1. The summed E-state index contributed by atoms with van der Waals surface area (Å²) in [6, 6.07) is 49.1. The first kappa shape index (κ1) is 40.4. The van der Waals surface area contributed by atoms with E-state index in [4.69, 9.17) is 4.74 Å². The van der Waals surface area contributed by atoms with Gasteiger partial charge in [0, 0.05) is 79.0 Å². The number of rotatable bonds is 5. The number of nitrogens with one attached hydrogen (secondary N) is 1. The molecule has 6 aliphatic rings. The standard InChI is InChI=1S/C54H40B3N5OS5/c1-28-18-46-52-47(19-28)61(67-5)44-27-43-37(55-33-14-8-10-17-49(33)63-50-23-30(65-3)22-48(53(50)55)62(43)68-6)25-38(44)57(52)36-24-35-39(26-42(36)60(46)66-4)58-40-20-29(64-2)21-45-51(40)56(35)34-15-11-13-32-31-12-7-9-16-41(31)59(45)54(32)34/h7-27,58H,1-6H3. The molecule has 0 amide bonds. The molecule has 1 N–H and O–H groups in total. The minimum absolute atomic E-state index is 0.0141. The molecule has 0 fully saturated rings. The Morgan fingerprint density at radius 2 is 1.03 bits per heavy atom. The normalized spacial score (nSPS) is 14.7. The highest BCUT2D eigenvalue weighted by atomic mass is 32.2. The van der Waals surface area contributed by atoms with E-state index in [1.54, 1.807) is 47.6 Å². The molecular formula is C54H40B3N5OS5. The lowest BCUT2D eigenvalue weighted by atomic mass is 9.29.